The third-order valence-electron chi connectivity index (χ3n) is 4.12. The van der Waals surface area contributed by atoms with Crippen molar-refractivity contribution in [2.45, 2.75) is 33.2 Å². The number of hydrogen-bond donors (Lipinski definition) is 3. The van der Waals surface area contributed by atoms with E-state index >= 15 is 0 Å². The molecule has 7 heteroatoms. The number of rotatable bonds is 7. The van der Waals surface area contributed by atoms with E-state index in [0.29, 0.717) is 13.1 Å². The Bertz CT molecular complexity index is 883. The SMILES string of the molecule is CCNC(=NCc1cc(CC)no1)NCCc1c[nH]c2cc(F)ccc12. The summed E-state index contributed by atoms with van der Waals surface area (Å²) in [4.78, 5) is 7.64. The molecule has 3 aromatic rings. The Balaban J connectivity index is 1.58. The molecule has 138 valence electrons. The molecule has 0 atom stereocenters. The Hall–Kier alpha value is -2.83. The third kappa shape index (κ3) is 4.41. The molecular weight excluding hydrogens is 333 g/mol. The first-order valence-corrected chi connectivity index (χ1v) is 8.91. The molecule has 3 rings (SSSR count). The minimum Gasteiger partial charge on any atom is -0.361 e. The van der Waals surface area contributed by atoms with Crippen molar-refractivity contribution >= 4 is 16.9 Å². The summed E-state index contributed by atoms with van der Waals surface area (Å²) in [6.45, 7) is 5.99. The number of fused-ring (bicyclic) bond motifs is 1. The Morgan fingerprint density at radius 3 is 2.92 bits per heavy atom. The highest BCUT2D eigenvalue weighted by atomic mass is 19.1. The topological polar surface area (TPSA) is 78.2 Å². The van der Waals surface area contributed by atoms with Crippen LogP contribution in [0.15, 0.2) is 40.0 Å². The molecule has 0 aliphatic heterocycles. The van der Waals surface area contributed by atoms with Crippen molar-refractivity contribution in [3.8, 4) is 0 Å². The number of guanidine groups is 1. The van der Waals surface area contributed by atoms with E-state index in [4.69, 9.17) is 4.52 Å². The summed E-state index contributed by atoms with van der Waals surface area (Å²) in [5.74, 6) is 1.25. The standard InChI is InChI=1S/C19H24FN5O/c1-3-15-10-16(26-25-15)12-24-19(21-4-2)22-8-7-13-11-23-18-9-14(20)5-6-17(13)18/h5-6,9-11,23H,3-4,7-8,12H2,1-2H3,(H2,21,22,24). The smallest absolute Gasteiger partial charge is 0.191 e. The van der Waals surface area contributed by atoms with Gasteiger partial charge in [-0.2, -0.15) is 0 Å². The Morgan fingerprint density at radius 2 is 2.15 bits per heavy atom. The van der Waals surface area contributed by atoms with Gasteiger partial charge in [-0.25, -0.2) is 9.38 Å². The van der Waals surface area contributed by atoms with Crippen molar-refractivity contribution in [2.75, 3.05) is 13.1 Å². The summed E-state index contributed by atoms with van der Waals surface area (Å²) in [5.41, 5.74) is 2.90. The van der Waals surface area contributed by atoms with Gasteiger partial charge in [-0.3, -0.25) is 0 Å². The van der Waals surface area contributed by atoms with Crippen LogP contribution >= 0.6 is 0 Å². The predicted molar refractivity (Wildman–Crippen MR) is 101 cm³/mol. The van der Waals surface area contributed by atoms with E-state index in [1.54, 1.807) is 0 Å². The summed E-state index contributed by atoms with van der Waals surface area (Å²) in [6.07, 6.45) is 3.58. The number of nitrogens with zero attached hydrogens (tertiary/aromatic N) is 2. The molecule has 2 aromatic heterocycles. The monoisotopic (exact) mass is 357 g/mol. The van der Waals surface area contributed by atoms with Gasteiger partial charge in [0.15, 0.2) is 11.7 Å². The summed E-state index contributed by atoms with van der Waals surface area (Å²) in [5, 5.41) is 11.6. The molecule has 0 amide bonds. The van der Waals surface area contributed by atoms with Crippen LogP contribution in [0.3, 0.4) is 0 Å². The second kappa shape index (κ2) is 8.51. The highest BCUT2D eigenvalue weighted by Crippen LogP contribution is 2.19. The molecule has 0 bridgehead atoms. The minimum atomic E-state index is -0.232. The third-order valence-corrected chi connectivity index (χ3v) is 4.12. The maximum atomic E-state index is 13.3. The Morgan fingerprint density at radius 1 is 1.27 bits per heavy atom. The van der Waals surface area contributed by atoms with Gasteiger partial charge < -0.3 is 20.1 Å². The van der Waals surface area contributed by atoms with Gasteiger partial charge in [-0.1, -0.05) is 12.1 Å². The normalized spacial score (nSPS) is 11.9. The number of H-pyrrole nitrogens is 1. The minimum absolute atomic E-state index is 0.232. The van der Waals surface area contributed by atoms with Crippen LogP contribution < -0.4 is 10.6 Å². The molecule has 26 heavy (non-hydrogen) atoms. The molecule has 1 aromatic carbocycles. The van der Waals surface area contributed by atoms with Crippen LogP contribution in [0.4, 0.5) is 4.39 Å². The van der Waals surface area contributed by atoms with Crippen LogP contribution in [0.2, 0.25) is 0 Å². The van der Waals surface area contributed by atoms with Gasteiger partial charge in [0, 0.05) is 36.3 Å². The second-order valence-corrected chi connectivity index (χ2v) is 6.01. The maximum absolute atomic E-state index is 13.3. The van der Waals surface area contributed by atoms with E-state index in [1.807, 2.05) is 32.2 Å². The zero-order valence-corrected chi connectivity index (χ0v) is 15.1. The van der Waals surface area contributed by atoms with E-state index in [-0.39, 0.29) is 5.82 Å². The molecular formula is C19H24FN5O. The number of halogens is 1. The van der Waals surface area contributed by atoms with Gasteiger partial charge in [0.05, 0.1) is 5.69 Å². The summed E-state index contributed by atoms with van der Waals surface area (Å²) in [6, 6.07) is 6.74. The highest BCUT2D eigenvalue weighted by Gasteiger charge is 2.06. The molecule has 0 radical (unpaired) electrons. The van der Waals surface area contributed by atoms with Crippen LogP contribution in [0.5, 0.6) is 0 Å². The zero-order chi connectivity index (χ0) is 18.4. The van der Waals surface area contributed by atoms with Gasteiger partial charge in [0.25, 0.3) is 0 Å². The first kappa shape index (κ1) is 18.0. The number of hydrogen-bond acceptors (Lipinski definition) is 3. The van der Waals surface area contributed by atoms with Crippen molar-refractivity contribution < 1.29 is 8.91 Å². The molecule has 0 saturated heterocycles. The van der Waals surface area contributed by atoms with Crippen LogP contribution in [0.25, 0.3) is 10.9 Å². The van der Waals surface area contributed by atoms with Gasteiger partial charge in [0.2, 0.25) is 0 Å². The lowest BCUT2D eigenvalue weighted by atomic mass is 10.1. The lowest BCUT2D eigenvalue weighted by molar-refractivity contribution is 0.379. The van der Waals surface area contributed by atoms with Gasteiger partial charge >= 0.3 is 0 Å². The molecule has 0 saturated carbocycles. The number of aliphatic imine (C=N–C) groups is 1. The predicted octanol–water partition coefficient (Wildman–Crippen LogP) is 3.16. The molecule has 6 nitrogen and oxygen atoms in total. The largest absolute Gasteiger partial charge is 0.361 e. The van der Waals surface area contributed by atoms with Crippen LogP contribution in [-0.4, -0.2) is 29.2 Å². The quantitative estimate of drug-likeness (QED) is 0.448. The highest BCUT2D eigenvalue weighted by molar-refractivity contribution is 5.83. The van der Waals surface area contributed by atoms with Crippen LogP contribution in [-0.2, 0) is 19.4 Å². The second-order valence-electron chi connectivity index (χ2n) is 6.01. The molecule has 3 N–H and O–H groups in total. The van der Waals surface area contributed by atoms with E-state index in [1.165, 1.54) is 12.1 Å². The number of nitrogens with one attached hydrogen (secondary N) is 3. The fraction of sp³-hybridized carbons (Fsp3) is 0.368. The fourth-order valence-corrected chi connectivity index (χ4v) is 2.78. The molecule has 2 heterocycles. The van der Waals surface area contributed by atoms with E-state index in [9.17, 15) is 4.39 Å². The number of aromatic nitrogens is 2. The van der Waals surface area contributed by atoms with E-state index in [0.717, 1.165) is 53.3 Å². The lowest BCUT2D eigenvalue weighted by Gasteiger charge is -2.10. The van der Waals surface area contributed by atoms with E-state index in [2.05, 4.69) is 25.8 Å². The molecule has 0 unspecified atom stereocenters. The average molecular weight is 357 g/mol. The van der Waals surface area contributed by atoms with Gasteiger partial charge in [-0.05, 0) is 43.5 Å². The van der Waals surface area contributed by atoms with E-state index < -0.39 is 0 Å². The van der Waals surface area contributed by atoms with Crippen molar-refractivity contribution in [3.63, 3.8) is 0 Å². The van der Waals surface area contributed by atoms with Gasteiger partial charge in [0.1, 0.15) is 12.4 Å². The number of aryl methyl sites for hydroxylation is 1. The van der Waals surface area contributed by atoms with Gasteiger partial charge in [-0.15, -0.1) is 0 Å². The Kier molecular flexibility index (Phi) is 5.88. The number of benzene rings is 1. The average Bonchev–Trinajstić information content (AvgIpc) is 3.26. The molecule has 0 fully saturated rings. The summed E-state index contributed by atoms with van der Waals surface area (Å²) < 4.78 is 18.5. The Labute approximate surface area is 151 Å². The van der Waals surface area contributed by atoms with Crippen molar-refractivity contribution in [1.29, 1.82) is 0 Å². The maximum Gasteiger partial charge on any atom is 0.191 e. The first-order chi connectivity index (χ1) is 12.7. The van der Waals surface area contributed by atoms with Crippen molar-refractivity contribution in [1.82, 2.24) is 20.8 Å². The molecule has 0 aliphatic carbocycles. The van der Waals surface area contributed by atoms with Crippen molar-refractivity contribution in [3.05, 3.63) is 53.3 Å². The molecule has 0 spiro atoms. The van der Waals surface area contributed by atoms with Crippen LogP contribution in [0.1, 0.15) is 30.9 Å². The zero-order valence-electron chi connectivity index (χ0n) is 15.1. The fourth-order valence-electron chi connectivity index (χ4n) is 2.78. The summed E-state index contributed by atoms with van der Waals surface area (Å²) >= 11 is 0. The summed E-state index contributed by atoms with van der Waals surface area (Å²) in [7, 11) is 0. The first-order valence-electron chi connectivity index (χ1n) is 8.91. The molecule has 0 aliphatic rings. The lowest BCUT2D eigenvalue weighted by Crippen LogP contribution is -2.38. The van der Waals surface area contributed by atoms with Crippen LogP contribution in [0, 0.1) is 5.82 Å². The number of aromatic amines is 1. The van der Waals surface area contributed by atoms with Crippen molar-refractivity contribution in [2.24, 2.45) is 4.99 Å².